The zero-order valence-electron chi connectivity index (χ0n) is 15.0. The Bertz CT molecular complexity index is 1150. The van der Waals surface area contributed by atoms with Crippen LogP contribution in [0.25, 0.3) is 21.5 Å². The Kier molecular flexibility index (Phi) is 4.33. The molecule has 27 heavy (non-hydrogen) atoms. The van der Waals surface area contributed by atoms with Gasteiger partial charge in [-0.25, -0.2) is 9.97 Å². The lowest BCUT2D eigenvalue weighted by atomic mass is 10.1. The first-order valence-corrected chi connectivity index (χ1v) is 9.34. The molecule has 0 bridgehead atoms. The van der Waals surface area contributed by atoms with Crippen LogP contribution in [-0.2, 0) is 0 Å². The van der Waals surface area contributed by atoms with Gasteiger partial charge >= 0.3 is 0 Å². The summed E-state index contributed by atoms with van der Waals surface area (Å²) in [6.45, 7) is 3.92. The quantitative estimate of drug-likeness (QED) is 0.539. The van der Waals surface area contributed by atoms with Crippen LogP contribution in [0.2, 0.25) is 0 Å². The number of anilines is 2. The van der Waals surface area contributed by atoms with Gasteiger partial charge in [-0.1, -0.05) is 35.9 Å². The molecule has 1 amide bonds. The van der Waals surface area contributed by atoms with Crippen LogP contribution in [0.5, 0.6) is 0 Å². The molecule has 0 unspecified atom stereocenters. The number of pyridine rings is 2. The first-order valence-electron chi connectivity index (χ1n) is 8.52. The topological polar surface area (TPSA) is 80.9 Å². The van der Waals surface area contributed by atoms with Crippen LogP contribution >= 0.6 is 11.3 Å². The van der Waals surface area contributed by atoms with Crippen molar-refractivity contribution < 1.29 is 4.79 Å². The number of aromatic nitrogens is 2. The standard InChI is InChI=1S/C21H18N4OS/c1-12-6-8-14(9-7-12)16-11-10-15-18(22)19(27-21(15)24-16)20(26)25-17-5-3-4-13(2)23-17/h3-11H,22H2,1-2H3,(H,23,25,26). The van der Waals surface area contributed by atoms with Gasteiger partial charge in [-0.3, -0.25) is 4.79 Å². The Morgan fingerprint density at radius 1 is 1.00 bits per heavy atom. The molecule has 0 aliphatic heterocycles. The summed E-state index contributed by atoms with van der Waals surface area (Å²) in [5.41, 5.74) is 10.6. The highest BCUT2D eigenvalue weighted by molar-refractivity contribution is 7.21. The molecule has 0 spiro atoms. The monoisotopic (exact) mass is 374 g/mol. The fourth-order valence-corrected chi connectivity index (χ4v) is 3.83. The number of carbonyl (C=O) groups is 1. The van der Waals surface area contributed by atoms with Crippen LogP contribution in [0.3, 0.4) is 0 Å². The van der Waals surface area contributed by atoms with E-state index in [2.05, 4.69) is 22.4 Å². The van der Waals surface area contributed by atoms with Crippen molar-refractivity contribution in [2.45, 2.75) is 13.8 Å². The van der Waals surface area contributed by atoms with E-state index in [9.17, 15) is 4.79 Å². The van der Waals surface area contributed by atoms with Crippen LogP contribution in [0.1, 0.15) is 20.9 Å². The predicted octanol–water partition coefficient (Wildman–Crippen LogP) is 4.81. The summed E-state index contributed by atoms with van der Waals surface area (Å²) in [7, 11) is 0. The van der Waals surface area contributed by atoms with Crippen LogP contribution in [0.15, 0.2) is 54.6 Å². The van der Waals surface area contributed by atoms with Gasteiger partial charge in [0, 0.05) is 16.6 Å². The lowest BCUT2D eigenvalue weighted by Gasteiger charge is -2.04. The highest BCUT2D eigenvalue weighted by Gasteiger charge is 2.18. The van der Waals surface area contributed by atoms with Crippen LogP contribution in [-0.4, -0.2) is 15.9 Å². The molecule has 3 heterocycles. The van der Waals surface area contributed by atoms with Crippen molar-refractivity contribution in [3.8, 4) is 11.3 Å². The largest absolute Gasteiger partial charge is 0.397 e. The number of hydrogen-bond acceptors (Lipinski definition) is 5. The van der Waals surface area contributed by atoms with Crippen molar-refractivity contribution in [2.75, 3.05) is 11.1 Å². The molecular weight excluding hydrogens is 356 g/mol. The van der Waals surface area contributed by atoms with E-state index in [1.54, 1.807) is 6.07 Å². The van der Waals surface area contributed by atoms with Gasteiger partial charge in [-0.2, -0.15) is 0 Å². The van der Waals surface area contributed by atoms with Gasteiger partial charge in [0.1, 0.15) is 15.5 Å². The van der Waals surface area contributed by atoms with E-state index in [1.165, 1.54) is 16.9 Å². The summed E-state index contributed by atoms with van der Waals surface area (Å²) in [6, 6.07) is 17.5. The van der Waals surface area contributed by atoms with Gasteiger partial charge in [-0.05, 0) is 38.1 Å². The molecule has 0 aliphatic carbocycles. The second-order valence-electron chi connectivity index (χ2n) is 6.38. The molecule has 1 aromatic carbocycles. The third-order valence-corrected chi connectivity index (χ3v) is 5.39. The van der Waals surface area contributed by atoms with Crippen molar-refractivity contribution in [1.29, 1.82) is 0 Å². The number of nitrogens with zero attached hydrogens (tertiary/aromatic N) is 2. The predicted molar refractivity (Wildman–Crippen MR) is 111 cm³/mol. The minimum absolute atomic E-state index is 0.273. The molecule has 0 aliphatic rings. The maximum absolute atomic E-state index is 12.7. The highest BCUT2D eigenvalue weighted by Crippen LogP contribution is 2.34. The zero-order valence-corrected chi connectivity index (χ0v) is 15.8. The summed E-state index contributed by atoms with van der Waals surface area (Å²) < 4.78 is 0. The Hall–Kier alpha value is -3.25. The number of nitrogen functional groups attached to an aromatic ring is 1. The van der Waals surface area contributed by atoms with Crippen molar-refractivity contribution >= 4 is 39.0 Å². The molecule has 6 heteroatoms. The summed E-state index contributed by atoms with van der Waals surface area (Å²) >= 11 is 1.29. The Labute approximate surface area is 160 Å². The number of aryl methyl sites for hydroxylation is 2. The second kappa shape index (κ2) is 6.81. The number of nitrogens with two attached hydrogens (primary N) is 1. The number of amides is 1. The third kappa shape index (κ3) is 3.39. The zero-order chi connectivity index (χ0) is 19.0. The summed E-state index contributed by atoms with van der Waals surface area (Å²) in [6.07, 6.45) is 0. The number of benzene rings is 1. The van der Waals surface area contributed by atoms with E-state index in [-0.39, 0.29) is 5.91 Å². The van der Waals surface area contributed by atoms with E-state index in [1.807, 2.05) is 50.2 Å². The maximum Gasteiger partial charge on any atom is 0.269 e. The smallest absolute Gasteiger partial charge is 0.269 e. The molecule has 4 aromatic rings. The van der Waals surface area contributed by atoms with Gasteiger partial charge in [0.2, 0.25) is 0 Å². The SMILES string of the molecule is Cc1ccc(-c2ccc3c(N)c(C(=O)Nc4cccc(C)n4)sc3n2)cc1. The molecule has 0 atom stereocenters. The Balaban J connectivity index is 1.68. The molecule has 0 radical (unpaired) electrons. The van der Waals surface area contributed by atoms with Gasteiger partial charge in [0.25, 0.3) is 5.91 Å². The fraction of sp³-hybridized carbons (Fsp3) is 0.0952. The molecule has 134 valence electrons. The normalized spacial score (nSPS) is 10.9. The van der Waals surface area contributed by atoms with Gasteiger partial charge in [0.15, 0.2) is 0 Å². The molecule has 3 aromatic heterocycles. The highest BCUT2D eigenvalue weighted by atomic mass is 32.1. The molecule has 0 saturated heterocycles. The number of carbonyl (C=O) groups excluding carboxylic acids is 1. The van der Waals surface area contributed by atoms with Crippen molar-refractivity contribution in [3.63, 3.8) is 0 Å². The van der Waals surface area contributed by atoms with E-state index in [0.717, 1.165) is 27.2 Å². The number of thiophene rings is 1. The summed E-state index contributed by atoms with van der Waals surface area (Å²) in [5.74, 6) is 0.232. The second-order valence-corrected chi connectivity index (χ2v) is 7.38. The lowest BCUT2D eigenvalue weighted by Crippen LogP contribution is -2.13. The average Bonchev–Trinajstić information content (AvgIpc) is 2.99. The van der Waals surface area contributed by atoms with Crippen LogP contribution in [0, 0.1) is 13.8 Å². The molecular formula is C21H18N4OS. The van der Waals surface area contributed by atoms with Crippen molar-refractivity contribution in [2.24, 2.45) is 0 Å². The third-order valence-electron chi connectivity index (χ3n) is 4.28. The average molecular weight is 374 g/mol. The van der Waals surface area contributed by atoms with Gasteiger partial charge < -0.3 is 11.1 Å². The minimum atomic E-state index is -0.273. The number of nitrogens with one attached hydrogen (secondary N) is 1. The first-order chi connectivity index (χ1) is 13.0. The fourth-order valence-electron chi connectivity index (χ4n) is 2.84. The molecule has 0 fully saturated rings. The summed E-state index contributed by atoms with van der Waals surface area (Å²) in [5, 5.41) is 3.60. The summed E-state index contributed by atoms with van der Waals surface area (Å²) in [4.78, 5) is 22.9. The van der Waals surface area contributed by atoms with E-state index < -0.39 is 0 Å². The van der Waals surface area contributed by atoms with Crippen LogP contribution in [0.4, 0.5) is 11.5 Å². The number of hydrogen-bond donors (Lipinski definition) is 2. The molecule has 5 nitrogen and oxygen atoms in total. The molecule has 0 saturated carbocycles. The minimum Gasteiger partial charge on any atom is -0.397 e. The van der Waals surface area contributed by atoms with Crippen molar-refractivity contribution in [1.82, 2.24) is 9.97 Å². The van der Waals surface area contributed by atoms with Gasteiger partial charge in [-0.15, -0.1) is 11.3 Å². The Morgan fingerprint density at radius 3 is 2.52 bits per heavy atom. The Morgan fingerprint density at radius 2 is 1.78 bits per heavy atom. The van der Waals surface area contributed by atoms with E-state index in [4.69, 9.17) is 10.7 Å². The number of rotatable bonds is 3. The molecule has 3 N–H and O–H groups in total. The van der Waals surface area contributed by atoms with Crippen LogP contribution < -0.4 is 11.1 Å². The van der Waals surface area contributed by atoms with E-state index >= 15 is 0 Å². The lowest BCUT2D eigenvalue weighted by molar-refractivity contribution is 0.103. The molecule has 4 rings (SSSR count). The van der Waals surface area contributed by atoms with E-state index in [0.29, 0.717) is 16.4 Å². The first kappa shape index (κ1) is 17.2. The van der Waals surface area contributed by atoms with Gasteiger partial charge in [0.05, 0.1) is 11.4 Å². The maximum atomic E-state index is 12.7. The number of fused-ring (bicyclic) bond motifs is 1. The van der Waals surface area contributed by atoms with Crippen molar-refractivity contribution in [3.05, 3.63) is 70.7 Å².